The van der Waals surface area contributed by atoms with E-state index in [1.54, 1.807) is 0 Å². The molecule has 0 aromatic heterocycles. The van der Waals surface area contributed by atoms with Gasteiger partial charge in [-0.1, -0.05) is 120 Å². The van der Waals surface area contributed by atoms with Crippen molar-refractivity contribution in [1.82, 2.24) is 0 Å². The summed E-state index contributed by atoms with van der Waals surface area (Å²) in [5.74, 6) is 1.64. The minimum absolute atomic E-state index is 0.124. The van der Waals surface area contributed by atoms with E-state index in [1.165, 1.54) is 38.5 Å². The van der Waals surface area contributed by atoms with Crippen LogP contribution in [0.4, 0.5) is 0 Å². The Morgan fingerprint density at radius 1 is 0.595 bits per heavy atom. The van der Waals surface area contributed by atoms with Crippen molar-refractivity contribution in [2.24, 2.45) is 0 Å². The first-order valence-corrected chi connectivity index (χ1v) is 16.0. The lowest BCUT2D eigenvalue weighted by atomic mass is 10.0. The van der Waals surface area contributed by atoms with Crippen molar-refractivity contribution in [1.29, 1.82) is 0 Å². The molecular weight excluding hydrogens is 484 g/mol. The maximum Gasteiger partial charge on any atom is 0.264 e. The predicted molar refractivity (Wildman–Crippen MR) is 154 cm³/mol. The molecule has 0 fully saturated rings. The Hall–Kier alpha value is -2.05. The zero-order valence-corrected chi connectivity index (χ0v) is 23.7. The summed E-state index contributed by atoms with van der Waals surface area (Å²) in [6.07, 6.45) is 16.8. The summed E-state index contributed by atoms with van der Waals surface area (Å²) in [7, 11) is -3.81. The first-order valence-electron chi connectivity index (χ1n) is 14.4. The lowest BCUT2D eigenvalue weighted by Crippen LogP contribution is -2.03. The van der Waals surface area contributed by atoms with Gasteiger partial charge in [-0.3, -0.25) is 4.55 Å². The molecule has 1 N–H and O–H groups in total. The molecule has 0 spiro atoms. The maximum absolute atomic E-state index is 10.7. The summed E-state index contributed by atoms with van der Waals surface area (Å²) in [4.78, 5) is 0. The molecule has 6 heteroatoms. The summed E-state index contributed by atoms with van der Waals surface area (Å²) >= 11 is 0. The zero-order valence-electron chi connectivity index (χ0n) is 22.8. The first-order chi connectivity index (χ1) is 18.0. The van der Waals surface area contributed by atoms with Crippen molar-refractivity contribution in [3.63, 3.8) is 0 Å². The van der Waals surface area contributed by atoms with Crippen molar-refractivity contribution in [3.05, 3.63) is 48.5 Å². The van der Waals surface area contributed by atoms with Crippen LogP contribution in [0.15, 0.2) is 48.5 Å². The fraction of sp³-hybridized carbons (Fsp3) is 0.613. The normalized spacial score (nSPS) is 11.5. The molecule has 0 unspecified atom stereocenters. The quantitative estimate of drug-likeness (QED) is 0.121. The van der Waals surface area contributed by atoms with Crippen LogP contribution in [0.25, 0.3) is 11.1 Å². The fourth-order valence-electron chi connectivity index (χ4n) is 4.51. The highest BCUT2D eigenvalue weighted by molar-refractivity contribution is 7.85. The Labute approximate surface area is 225 Å². The summed E-state index contributed by atoms with van der Waals surface area (Å²) in [5, 5.41) is 0. The van der Waals surface area contributed by atoms with E-state index < -0.39 is 10.1 Å². The van der Waals surface area contributed by atoms with Crippen molar-refractivity contribution < 1.29 is 22.4 Å². The lowest BCUT2D eigenvalue weighted by Gasteiger charge is -2.17. The van der Waals surface area contributed by atoms with Crippen molar-refractivity contribution in [3.8, 4) is 22.6 Å². The van der Waals surface area contributed by atoms with Gasteiger partial charge in [0.25, 0.3) is 10.1 Å². The van der Waals surface area contributed by atoms with Gasteiger partial charge in [0.1, 0.15) is 11.5 Å². The number of unbranched alkanes of at least 4 members (excludes halogenated alkanes) is 13. The highest BCUT2D eigenvalue weighted by Crippen LogP contribution is 2.38. The van der Waals surface area contributed by atoms with E-state index in [2.05, 4.69) is 31.2 Å². The number of ether oxygens (including phenoxy) is 2. The number of benzene rings is 2. The molecule has 2 aromatic rings. The van der Waals surface area contributed by atoms with Gasteiger partial charge in [0.05, 0.1) is 24.5 Å². The average molecular weight is 533 g/mol. The monoisotopic (exact) mass is 532 g/mol. The van der Waals surface area contributed by atoms with Crippen LogP contribution < -0.4 is 9.47 Å². The van der Waals surface area contributed by atoms with Crippen LogP contribution in [0, 0.1) is 0 Å². The average Bonchev–Trinajstić information content (AvgIpc) is 2.88. The van der Waals surface area contributed by atoms with Crippen molar-refractivity contribution in [2.75, 3.05) is 19.0 Å². The number of hydrogen-bond donors (Lipinski definition) is 1. The number of rotatable bonds is 22. The molecule has 5 nitrogen and oxygen atoms in total. The van der Waals surface area contributed by atoms with E-state index >= 15 is 0 Å². The van der Waals surface area contributed by atoms with E-state index in [9.17, 15) is 8.42 Å². The van der Waals surface area contributed by atoms with E-state index in [0.717, 1.165) is 80.6 Å². The van der Waals surface area contributed by atoms with Gasteiger partial charge in [0.2, 0.25) is 0 Å². The summed E-state index contributed by atoms with van der Waals surface area (Å²) < 4.78 is 42.7. The van der Waals surface area contributed by atoms with Crippen LogP contribution in [-0.2, 0) is 10.1 Å². The van der Waals surface area contributed by atoms with Gasteiger partial charge >= 0.3 is 0 Å². The van der Waals surface area contributed by atoms with Crippen LogP contribution in [0.1, 0.15) is 103 Å². The van der Waals surface area contributed by atoms with Crippen LogP contribution >= 0.6 is 0 Å². The Morgan fingerprint density at radius 2 is 1.05 bits per heavy atom. The van der Waals surface area contributed by atoms with Crippen molar-refractivity contribution >= 4 is 10.1 Å². The largest absolute Gasteiger partial charge is 0.493 e. The SMILES string of the molecule is CCCCCCCCCOc1cccc(OCCCCCCCCCCS(=O)(=O)O)c1-c1ccccc1. The molecule has 0 heterocycles. The Bertz CT molecular complexity index is 943. The van der Waals surface area contributed by atoms with Gasteiger partial charge in [-0.05, 0) is 37.0 Å². The first kappa shape index (κ1) is 31.2. The molecule has 2 rings (SSSR count). The Kier molecular flexibility index (Phi) is 16.1. The third-order valence-corrected chi connectivity index (χ3v) is 7.41. The second kappa shape index (κ2) is 19.1. The minimum atomic E-state index is -3.81. The Morgan fingerprint density at radius 3 is 1.54 bits per heavy atom. The molecule has 0 saturated heterocycles. The highest BCUT2D eigenvalue weighted by atomic mass is 32.2. The molecule has 2 aromatic carbocycles. The van der Waals surface area contributed by atoms with Crippen LogP contribution in [0.3, 0.4) is 0 Å². The van der Waals surface area contributed by atoms with Gasteiger partial charge < -0.3 is 9.47 Å². The molecule has 0 aliphatic heterocycles. The Balaban J connectivity index is 1.74. The molecule has 0 saturated carbocycles. The van der Waals surface area contributed by atoms with E-state index in [-0.39, 0.29) is 5.75 Å². The molecule has 208 valence electrons. The summed E-state index contributed by atoms with van der Waals surface area (Å²) in [6, 6.07) is 16.5. The topological polar surface area (TPSA) is 72.8 Å². The second-order valence-corrected chi connectivity index (χ2v) is 11.5. The zero-order chi connectivity index (χ0) is 26.6. The smallest absolute Gasteiger partial charge is 0.264 e. The minimum Gasteiger partial charge on any atom is -0.493 e. The molecule has 0 amide bonds. The van der Waals surface area contributed by atoms with Gasteiger partial charge in [-0.25, -0.2) is 0 Å². The molecule has 0 atom stereocenters. The molecular formula is C31H48O5S. The fourth-order valence-corrected chi connectivity index (χ4v) is 5.08. The van der Waals surface area contributed by atoms with E-state index in [0.29, 0.717) is 13.0 Å². The lowest BCUT2D eigenvalue weighted by molar-refractivity contribution is 0.292. The van der Waals surface area contributed by atoms with E-state index in [4.69, 9.17) is 14.0 Å². The molecule has 0 bridgehead atoms. The highest BCUT2D eigenvalue weighted by Gasteiger charge is 2.13. The van der Waals surface area contributed by atoms with Crippen LogP contribution in [0.5, 0.6) is 11.5 Å². The number of hydrogen-bond acceptors (Lipinski definition) is 4. The van der Waals surface area contributed by atoms with Crippen molar-refractivity contribution in [2.45, 2.75) is 103 Å². The molecule has 0 aliphatic rings. The third-order valence-electron chi connectivity index (χ3n) is 6.61. The second-order valence-electron chi connectivity index (χ2n) is 9.93. The maximum atomic E-state index is 10.7. The molecule has 37 heavy (non-hydrogen) atoms. The van der Waals surface area contributed by atoms with Gasteiger partial charge in [-0.15, -0.1) is 0 Å². The molecule has 0 radical (unpaired) electrons. The predicted octanol–water partition coefficient (Wildman–Crippen LogP) is 8.87. The summed E-state index contributed by atoms with van der Waals surface area (Å²) in [5.41, 5.74) is 2.15. The third kappa shape index (κ3) is 14.5. The summed E-state index contributed by atoms with van der Waals surface area (Å²) in [6.45, 7) is 3.66. The molecule has 0 aliphatic carbocycles. The van der Waals surface area contributed by atoms with Gasteiger partial charge in [-0.2, -0.15) is 8.42 Å². The van der Waals surface area contributed by atoms with E-state index in [1.807, 2.05) is 24.3 Å². The van der Waals surface area contributed by atoms with Crippen LogP contribution in [-0.4, -0.2) is 31.9 Å². The van der Waals surface area contributed by atoms with Crippen LogP contribution in [0.2, 0.25) is 0 Å². The van der Waals surface area contributed by atoms with Gasteiger partial charge in [0, 0.05) is 0 Å². The standard InChI is InChI=1S/C31H48O5S/c1-2-3-4-5-8-11-17-25-35-29-23-20-24-30(31(29)28-21-15-14-16-22-28)36-26-18-12-9-6-7-10-13-19-27-37(32,33)34/h14-16,20-24H,2-13,17-19,25-27H2,1H3,(H,32,33,34). The van der Waals surface area contributed by atoms with Gasteiger partial charge in [0.15, 0.2) is 0 Å².